The van der Waals surface area contributed by atoms with Crippen molar-refractivity contribution < 1.29 is 0 Å². The van der Waals surface area contributed by atoms with E-state index in [0.29, 0.717) is 0 Å². The molecule has 0 heterocycles. The number of hydrogen-bond acceptors (Lipinski definition) is 1. The predicted molar refractivity (Wildman–Crippen MR) is 223 cm³/mol. The zero-order valence-electron chi connectivity index (χ0n) is 31.8. The fourth-order valence-corrected chi connectivity index (χ4v) is 12.8. The third-order valence-electron chi connectivity index (χ3n) is 15.1. The van der Waals surface area contributed by atoms with Gasteiger partial charge in [-0.15, -0.1) is 0 Å². The van der Waals surface area contributed by atoms with Crippen LogP contribution in [0.5, 0.6) is 0 Å². The number of hydrogen-bond donors (Lipinski definition) is 0. The molecule has 4 saturated carbocycles. The van der Waals surface area contributed by atoms with E-state index in [2.05, 4.69) is 160 Å². The van der Waals surface area contributed by atoms with Crippen molar-refractivity contribution in [3.63, 3.8) is 0 Å². The molecule has 0 atom stereocenters. The quantitative estimate of drug-likeness (QED) is 0.178. The molecule has 4 fully saturated rings. The van der Waals surface area contributed by atoms with E-state index in [9.17, 15) is 0 Å². The van der Waals surface area contributed by atoms with Crippen LogP contribution < -0.4 is 4.90 Å². The summed E-state index contributed by atoms with van der Waals surface area (Å²) >= 11 is 0. The molecule has 6 aliphatic rings. The monoisotopic (exact) mass is 689 g/mol. The summed E-state index contributed by atoms with van der Waals surface area (Å²) in [6.45, 7) is 9.77. The molecule has 1 heteroatoms. The summed E-state index contributed by atoms with van der Waals surface area (Å²) in [4.78, 5) is 2.54. The largest absolute Gasteiger partial charge is 0.310 e. The Morgan fingerprint density at radius 1 is 0.472 bits per heavy atom. The molecular formula is C52H51N. The van der Waals surface area contributed by atoms with Crippen LogP contribution in [0.1, 0.15) is 94.9 Å². The highest BCUT2D eigenvalue weighted by Crippen LogP contribution is 2.69. The van der Waals surface area contributed by atoms with Crippen molar-refractivity contribution in [3.8, 4) is 22.3 Å². The van der Waals surface area contributed by atoms with E-state index in [-0.39, 0.29) is 16.2 Å². The molecule has 0 aromatic heterocycles. The van der Waals surface area contributed by atoms with Crippen molar-refractivity contribution in [2.75, 3.05) is 4.90 Å². The first kappa shape index (κ1) is 31.9. The molecule has 0 N–H and O–H groups in total. The van der Waals surface area contributed by atoms with E-state index in [1.54, 1.807) is 11.1 Å². The molecule has 1 spiro atoms. The standard InChI is InChI=1S/C52H51N/c1-50(2)24-25-51(3,4)49-46(50)14-9-15-48(49)53(42-22-18-35-10-5-6-11-37(35)31-42)41-20-16-36(17-21-41)38-19-23-44-43-12-7-8-13-45(43)52(47(44)32-38)39-27-33-26-34(29-39)30-40(52)28-33/h5-23,31-34,39-40H,24-30H2,1-4H3. The van der Waals surface area contributed by atoms with Crippen LogP contribution in [0.25, 0.3) is 33.0 Å². The molecule has 1 nitrogen and oxygen atoms in total. The second-order valence-corrected chi connectivity index (χ2v) is 18.9. The van der Waals surface area contributed by atoms with Crippen LogP contribution in [0.3, 0.4) is 0 Å². The van der Waals surface area contributed by atoms with Crippen molar-refractivity contribution in [1.29, 1.82) is 0 Å². The summed E-state index contributed by atoms with van der Waals surface area (Å²) in [6, 6.07) is 49.3. The zero-order chi connectivity index (χ0) is 35.7. The van der Waals surface area contributed by atoms with Crippen LogP contribution in [0.15, 0.2) is 127 Å². The van der Waals surface area contributed by atoms with Gasteiger partial charge in [-0.3, -0.25) is 0 Å². The molecule has 53 heavy (non-hydrogen) atoms. The van der Waals surface area contributed by atoms with Gasteiger partial charge in [-0.25, -0.2) is 0 Å². The maximum Gasteiger partial charge on any atom is 0.0502 e. The Bertz CT molecular complexity index is 2400. The number of nitrogens with zero attached hydrogens (tertiary/aromatic N) is 1. The molecule has 6 aromatic carbocycles. The van der Waals surface area contributed by atoms with Gasteiger partial charge in [-0.2, -0.15) is 0 Å². The van der Waals surface area contributed by atoms with E-state index in [1.807, 2.05) is 0 Å². The number of fused-ring (bicyclic) bond motifs is 5. The fourth-order valence-electron chi connectivity index (χ4n) is 12.8. The zero-order valence-corrected chi connectivity index (χ0v) is 31.8. The molecule has 0 aliphatic heterocycles. The van der Waals surface area contributed by atoms with Crippen molar-refractivity contribution in [2.45, 2.75) is 88.9 Å². The second-order valence-electron chi connectivity index (χ2n) is 18.9. The third kappa shape index (κ3) is 4.55. The Morgan fingerprint density at radius 2 is 1.09 bits per heavy atom. The molecule has 0 amide bonds. The van der Waals surface area contributed by atoms with Crippen molar-refractivity contribution in [2.24, 2.45) is 23.7 Å². The molecular weight excluding hydrogens is 639 g/mol. The first-order valence-corrected chi connectivity index (χ1v) is 20.5. The smallest absolute Gasteiger partial charge is 0.0502 e. The molecule has 4 bridgehead atoms. The Balaban J connectivity index is 1.04. The van der Waals surface area contributed by atoms with E-state index in [0.717, 1.165) is 23.7 Å². The van der Waals surface area contributed by atoms with Crippen LogP contribution in [0, 0.1) is 23.7 Å². The van der Waals surface area contributed by atoms with Crippen molar-refractivity contribution in [1.82, 2.24) is 0 Å². The van der Waals surface area contributed by atoms with E-state index < -0.39 is 0 Å². The first-order chi connectivity index (χ1) is 25.7. The summed E-state index contributed by atoms with van der Waals surface area (Å²) < 4.78 is 0. The Labute approximate surface area is 316 Å². The molecule has 0 unspecified atom stereocenters. The van der Waals surface area contributed by atoms with Crippen LogP contribution in [-0.2, 0) is 16.2 Å². The van der Waals surface area contributed by atoms with Gasteiger partial charge in [0.25, 0.3) is 0 Å². The Kier molecular flexibility index (Phi) is 6.74. The SMILES string of the molecule is CC1(C)CCC(C)(C)c2c(N(c3ccc(-c4ccc5c(c4)C4(c6ccccc6-5)C5CC6CC(C5)CC4C6)cc3)c3ccc4ccccc4c3)cccc21. The highest BCUT2D eigenvalue weighted by atomic mass is 15.1. The lowest BCUT2D eigenvalue weighted by Gasteiger charge is -2.61. The average molecular weight is 690 g/mol. The lowest BCUT2D eigenvalue weighted by atomic mass is 9.43. The molecule has 264 valence electrons. The van der Waals surface area contributed by atoms with Gasteiger partial charge < -0.3 is 4.90 Å². The topological polar surface area (TPSA) is 3.24 Å². The third-order valence-corrected chi connectivity index (χ3v) is 15.1. The van der Waals surface area contributed by atoms with Crippen molar-refractivity contribution >= 4 is 27.8 Å². The van der Waals surface area contributed by atoms with Crippen LogP contribution in [-0.4, -0.2) is 0 Å². The van der Waals surface area contributed by atoms with Gasteiger partial charge in [-0.05, 0) is 171 Å². The summed E-state index contributed by atoms with van der Waals surface area (Å²) in [5.74, 6) is 3.46. The van der Waals surface area contributed by atoms with Gasteiger partial charge in [0.15, 0.2) is 0 Å². The van der Waals surface area contributed by atoms with Crippen LogP contribution >= 0.6 is 0 Å². The van der Waals surface area contributed by atoms with Gasteiger partial charge in [0.2, 0.25) is 0 Å². The summed E-state index contributed by atoms with van der Waals surface area (Å²) in [5, 5.41) is 2.55. The normalized spacial score (nSPS) is 26.7. The van der Waals surface area contributed by atoms with Gasteiger partial charge in [0.05, 0.1) is 5.69 Å². The second kappa shape index (κ2) is 11.2. The first-order valence-electron chi connectivity index (χ1n) is 20.5. The lowest BCUT2D eigenvalue weighted by molar-refractivity contribution is -0.0399. The summed E-state index contributed by atoms with van der Waals surface area (Å²) in [5.41, 5.74) is 16.0. The minimum Gasteiger partial charge on any atom is -0.310 e. The van der Waals surface area contributed by atoms with Crippen LogP contribution in [0.2, 0.25) is 0 Å². The highest BCUT2D eigenvalue weighted by Gasteiger charge is 2.61. The average Bonchev–Trinajstić information content (AvgIpc) is 3.46. The Morgan fingerprint density at radius 3 is 1.87 bits per heavy atom. The number of rotatable bonds is 4. The molecule has 12 rings (SSSR count). The van der Waals surface area contributed by atoms with E-state index >= 15 is 0 Å². The van der Waals surface area contributed by atoms with Gasteiger partial charge >= 0.3 is 0 Å². The fraction of sp³-hybridized carbons (Fsp3) is 0.346. The van der Waals surface area contributed by atoms with Gasteiger partial charge in [0.1, 0.15) is 0 Å². The van der Waals surface area contributed by atoms with Crippen molar-refractivity contribution in [3.05, 3.63) is 150 Å². The number of benzene rings is 6. The minimum atomic E-state index is 0.0758. The molecule has 6 aromatic rings. The summed E-state index contributed by atoms with van der Waals surface area (Å²) in [6.07, 6.45) is 9.55. The van der Waals surface area contributed by atoms with Crippen LogP contribution in [0.4, 0.5) is 17.1 Å². The maximum atomic E-state index is 2.63. The van der Waals surface area contributed by atoms with E-state index in [4.69, 9.17) is 0 Å². The summed E-state index contributed by atoms with van der Waals surface area (Å²) in [7, 11) is 0. The highest BCUT2D eigenvalue weighted by molar-refractivity contribution is 5.91. The minimum absolute atomic E-state index is 0.0758. The predicted octanol–water partition coefficient (Wildman–Crippen LogP) is 14.0. The maximum absolute atomic E-state index is 2.63. The van der Waals surface area contributed by atoms with E-state index in [1.165, 1.54) is 106 Å². The van der Waals surface area contributed by atoms with Gasteiger partial charge in [0, 0.05) is 16.8 Å². The molecule has 0 saturated heterocycles. The Hall–Kier alpha value is -4.62. The number of anilines is 3. The molecule has 6 aliphatic carbocycles. The lowest BCUT2D eigenvalue weighted by Crippen LogP contribution is -2.55. The van der Waals surface area contributed by atoms with Gasteiger partial charge in [-0.1, -0.05) is 119 Å². The molecule has 0 radical (unpaired) electrons.